The van der Waals surface area contributed by atoms with Gasteiger partial charge in [-0.3, -0.25) is 15.0 Å². The van der Waals surface area contributed by atoms with Crippen LogP contribution in [0.25, 0.3) is 0 Å². The number of aliphatic hydroxyl groups excluding tert-OH is 1. The number of rotatable bonds is 3. The minimum Gasteiger partial charge on any atom is -0.386 e. The zero-order chi connectivity index (χ0) is 11.8. The van der Waals surface area contributed by atoms with Gasteiger partial charge in [0.2, 0.25) is 0 Å². The highest BCUT2D eigenvalue weighted by Crippen LogP contribution is 2.21. The quantitative estimate of drug-likeness (QED) is 0.848. The van der Waals surface area contributed by atoms with Gasteiger partial charge in [0.1, 0.15) is 6.10 Å². The van der Waals surface area contributed by atoms with Gasteiger partial charge in [0, 0.05) is 37.1 Å². The molecule has 0 aromatic carbocycles. The normalized spacial score (nSPS) is 15.1. The summed E-state index contributed by atoms with van der Waals surface area (Å²) in [6.45, 7) is 4.00. The van der Waals surface area contributed by atoms with Crippen LogP contribution in [0, 0.1) is 0 Å². The minimum atomic E-state index is -0.606. The van der Waals surface area contributed by atoms with Crippen molar-refractivity contribution in [1.29, 1.82) is 0 Å². The molecule has 16 heavy (non-hydrogen) atoms. The van der Waals surface area contributed by atoms with Crippen molar-refractivity contribution in [2.24, 2.45) is 4.99 Å². The third kappa shape index (κ3) is 3.55. The molecule has 1 aliphatic heterocycles. The number of allylic oxidation sites excluding steroid dienone is 1. The Labute approximate surface area is 95.8 Å². The summed E-state index contributed by atoms with van der Waals surface area (Å²) < 4.78 is 0. The molecule has 1 atom stereocenters. The predicted molar refractivity (Wildman–Crippen MR) is 64.1 cm³/mol. The van der Waals surface area contributed by atoms with Crippen LogP contribution in [0.4, 0.5) is 0 Å². The first kappa shape index (κ1) is 12.5. The van der Waals surface area contributed by atoms with E-state index in [-0.39, 0.29) is 0 Å². The molecule has 4 heteroatoms. The van der Waals surface area contributed by atoms with Crippen LogP contribution in [0.15, 0.2) is 35.4 Å². The Hall–Kier alpha value is -1.55. The number of aliphatic imine (C=N–C) groups is 1. The maximum absolute atomic E-state index is 9.76. The highest BCUT2D eigenvalue weighted by molar-refractivity contribution is 5.64. The lowest BCUT2D eigenvalue weighted by atomic mass is 10.1. The van der Waals surface area contributed by atoms with Gasteiger partial charge in [-0.15, -0.1) is 0 Å². The second-order valence-corrected chi connectivity index (χ2v) is 3.09. The second-order valence-electron chi connectivity index (χ2n) is 3.09. The van der Waals surface area contributed by atoms with Gasteiger partial charge in [0.15, 0.2) is 0 Å². The number of aliphatic hydroxyl groups is 1. The molecule has 1 unspecified atom stereocenters. The molecule has 0 spiro atoms. The molecule has 86 valence electrons. The molecule has 0 aliphatic carbocycles. The molecule has 0 radical (unpaired) electrons. The SMILES string of the molecule is CC.OC(CC1=CCC=N1)c1cnccn1. The predicted octanol–water partition coefficient (Wildman–Crippen LogP) is 2.28. The average molecular weight is 219 g/mol. The molecule has 0 saturated heterocycles. The summed E-state index contributed by atoms with van der Waals surface area (Å²) in [7, 11) is 0. The van der Waals surface area contributed by atoms with Crippen LogP contribution in [-0.4, -0.2) is 21.3 Å². The van der Waals surface area contributed by atoms with Crippen LogP contribution in [0.1, 0.15) is 38.5 Å². The molecule has 1 aromatic rings. The maximum atomic E-state index is 9.76. The standard InChI is InChI=1S/C10H11N3O.C2H6/c14-10(6-8-2-1-3-12-8)9-7-11-4-5-13-9;1-2/h2-5,7,10,14H,1,6H2;1-2H3. The first-order chi connectivity index (χ1) is 7.86. The first-order valence-electron chi connectivity index (χ1n) is 5.52. The van der Waals surface area contributed by atoms with Crippen molar-refractivity contribution in [3.8, 4) is 0 Å². The molecular weight excluding hydrogens is 202 g/mol. The molecule has 1 aromatic heterocycles. The van der Waals surface area contributed by atoms with Crippen LogP contribution < -0.4 is 0 Å². The van der Waals surface area contributed by atoms with Gasteiger partial charge in [-0.2, -0.15) is 0 Å². The lowest BCUT2D eigenvalue weighted by molar-refractivity contribution is 0.172. The molecule has 0 saturated carbocycles. The van der Waals surface area contributed by atoms with E-state index >= 15 is 0 Å². The van der Waals surface area contributed by atoms with E-state index in [0.29, 0.717) is 12.1 Å². The summed E-state index contributed by atoms with van der Waals surface area (Å²) >= 11 is 0. The topological polar surface area (TPSA) is 58.4 Å². The molecule has 1 aliphatic rings. The zero-order valence-corrected chi connectivity index (χ0v) is 9.67. The van der Waals surface area contributed by atoms with Crippen molar-refractivity contribution in [1.82, 2.24) is 9.97 Å². The minimum absolute atomic E-state index is 0.509. The fourth-order valence-corrected chi connectivity index (χ4v) is 1.33. The Morgan fingerprint density at radius 2 is 2.19 bits per heavy atom. The molecule has 0 bridgehead atoms. The monoisotopic (exact) mass is 219 g/mol. The van der Waals surface area contributed by atoms with Gasteiger partial charge >= 0.3 is 0 Å². The van der Waals surface area contributed by atoms with E-state index in [2.05, 4.69) is 15.0 Å². The van der Waals surface area contributed by atoms with Crippen LogP contribution in [0.2, 0.25) is 0 Å². The summed E-state index contributed by atoms with van der Waals surface area (Å²) in [6, 6.07) is 0. The van der Waals surface area contributed by atoms with Gasteiger partial charge in [-0.25, -0.2) is 0 Å². The summed E-state index contributed by atoms with van der Waals surface area (Å²) in [5, 5.41) is 9.76. The van der Waals surface area contributed by atoms with Gasteiger partial charge < -0.3 is 5.11 Å². The Bertz CT molecular complexity index is 360. The van der Waals surface area contributed by atoms with E-state index in [1.54, 1.807) is 18.6 Å². The van der Waals surface area contributed by atoms with E-state index in [1.807, 2.05) is 26.1 Å². The van der Waals surface area contributed by atoms with Crippen molar-refractivity contribution < 1.29 is 5.11 Å². The number of hydrogen-bond donors (Lipinski definition) is 1. The van der Waals surface area contributed by atoms with Crippen molar-refractivity contribution >= 4 is 6.21 Å². The van der Waals surface area contributed by atoms with Crippen LogP contribution in [0.5, 0.6) is 0 Å². The van der Waals surface area contributed by atoms with Gasteiger partial charge in [-0.05, 0) is 0 Å². The van der Waals surface area contributed by atoms with Crippen molar-refractivity contribution in [2.75, 3.05) is 0 Å². The highest BCUT2D eigenvalue weighted by atomic mass is 16.3. The molecule has 0 fully saturated rings. The van der Waals surface area contributed by atoms with E-state index in [1.165, 1.54) is 0 Å². The van der Waals surface area contributed by atoms with Crippen LogP contribution >= 0.6 is 0 Å². The Balaban J connectivity index is 0.000000606. The molecule has 2 rings (SSSR count). The number of nitrogens with zero attached hydrogens (tertiary/aromatic N) is 3. The Morgan fingerprint density at radius 1 is 1.38 bits per heavy atom. The fraction of sp³-hybridized carbons (Fsp3) is 0.417. The maximum Gasteiger partial charge on any atom is 0.103 e. The molecule has 0 amide bonds. The van der Waals surface area contributed by atoms with Crippen molar-refractivity contribution in [3.63, 3.8) is 0 Å². The Morgan fingerprint density at radius 3 is 2.75 bits per heavy atom. The summed E-state index contributed by atoms with van der Waals surface area (Å²) in [5.41, 5.74) is 1.51. The van der Waals surface area contributed by atoms with Gasteiger partial charge in [0.25, 0.3) is 0 Å². The lowest BCUT2D eigenvalue weighted by Crippen LogP contribution is -2.01. The summed E-state index contributed by atoms with van der Waals surface area (Å²) in [6.07, 6.45) is 9.33. The third-order valence-corrected chi connectivity index (χ3v) is 2.04. The van der Waals surface area contributed by atoms with Crippen LogP contribution in [-0.2, 0) is 0 Å². The second kappa shape index (κ2) is 6.85. The molecule has 4 nitrogen and oxygen atoms in total. The zero-order valence-electron chi connectivity index (χ0n) is 9.67. The van der Waals surface area contributed by atoms with Crippen molar-refractivity contribution in [3.05, 3.63) is 36.1 Å². The van der Waals surface area contributed by atoms with E-state index < -0.39 is 6.10 Å². The largest absolute Gasteiger partial charge is 0.386 e. The van der Waals surface area contributed by atoms with E-state index in [9.17, 15) is 5.11 Å². The molecule has 1 N–H and O–H groups in total. The third-order valence-electron chi connectivity index (χ3n) is 2.04. The summed E-state index contributed by atoms with van der Waals surface area (Å²) in [4.78, 5) is 12.1. The average Bonchev–Trinajstić information content (AvgIpc) is 2.86. The molecule has 2 heterocycles. The molecular formula is C12H17N3O. The van der Waals surface area contributed by atoms with Gasteiger partial charge in [0.05, 0.1) is 11.9 Å². The van der Waals surface area contributed by atoms with E-state index in [4.69, 9.17) is 0 Å². The summed E-state index contributed by atoms with van der Waals surface area (Å²) in [5.74, 6) is 0. The fourth-order valence-electron chi connectivity index (χ4n) is 1.33. The first-order valence-corrected chi connectivity index (χ1v) is 5.52. The number of hydrogen-bond acceptors (Lipinski definition) is 4. The lowest BCUT2D eigenvalue weighted by Gasteiger charge is -2.07. The number of aromatic nitrogens is 2. The smallest absolute Gasteiger partial charge is 0.103 e. The Kier molecular flexibility index (Phi) is 5.36. The van der Waals surface area contributed by atoms with Gasteiger partial charge in [-0.1, -0.05) is 19.9 Å². The van der Waals surface area contributed by atoms with E-state index in [0.717, 1.165) is 12.1 Å². The van der Waals surface area contributed by atoms with Crippen molar-refractivity contribution in [2.45, 2.75) is 32.8 Å². The highest BCUT2D eigenvalue weighted by Gasteiger charge is 2.12. The van der Waals surface area contributed by atoms with Crippen LogP contribution in [0.3, 0.4) is 0 Å².